The fraction of sp³-hybridized carbons (Fsp3) is 0.625. The van der Waals surface area contributed by atoms with E-state index in [2.05, 4.69) is 52.5 Å². The van der Waals surface area contributed by atoms with Gasteiger partial charge in [-0.05, 0) is 25.5 Å². The third-order valence-corrected chi connectivity index (χ3v) is 4.34. The highest BCUT2D eigenvalue weighted by Gasteiger charge is 2.27. The Morgan fingerprint density at radius 2 is 1.79 bits per heavy atom. The van der Waals surface area contributed by atoms with E-state index in [1.165, 1.54) is 44.6 Å². The van der Waals surface area contributed by atoms with Crippen molar-refractivity contribution >= 4 is 0 Å². The molecule has 104 valence electrons. The van der Waals surface area contributed by atoms with Crippen LogP contribution in [0.25, 0.3) is 0 Å². The molecule has 1 aromatic rings. The Labute approximate surface area is 116 Å². The molecule has 1 heterocycles. The molecule has 1 aliphatic heterocycles. The summed E-state index contributed by atoms with van der Waals surface area (Å²) in [5.41, 5.74) is 1.46. The summed E-state index contributed by atoms with van der Waals surface area (Å²) < 4.78 is 0. The number of hydrogen-bond donors (Lipinski definition) is 1. The van der Waals surface area contributed by atoms with Gasteiger partial charge in [-0.2, -0.15) is 0 Å². The first kappa shape index (κ1) is 13.1. The maximum absolute atomic E-state index is 3.71. The average Bonchev–Trinajstić information content (AvgIpc) is 3.26. The van der Waals surface area contributed by atoms with Crippen LogP contribution in [0.4, 0.5) is 0 Å². The van der Waals surface area contributed by atoms with Crippen LogP contribution in [0.2, 0.25) is 0 Å². The fourth-order valence-corrected chi connectivity index (χ4v) is 2.83. The Hall–Kier alpha value is -0.900. The van der Waals surface area contributed by atoms with Crippen LogP contribution in [0.15, 0.2) is 30.3 Å². The normalized spacial score (nSPS) is 23.4. The zero-order valence-electron chi connectivity index (χ0n) is 11.9. The van der Waals surface area contributed by atoms with Gasteiger partial charge >= 0.3 is 0 Å². The van der Waals surface area contributed by atoms with Crippen molar-refractivity contribution in [3.63, 3.8) is 0 Å². The molecule has 0 bridgehead atoms. The molecule has 3 nitrogen and oxygen atoms in total. The van der Waals surface area contributed by atoms with Crippen molar-refractivity contribution in [2.24, 2.45) is 0 Å². The monoisotopic (exact) mass is 259 g/mol. The summed E-state index contributed by atoms with van der Waals surface area (Å²) in [4.78, 5) is 5.07. The lowest BCUT2D eigenvalue weighted by atomic mass is 10.0. The van der Waals surface area contributed by atoms with E-state index < -0.39 is 0 Å². The largest absolute Gasteiger partial charge is 0.312 e. The highest BCUT2D eigenvalue weighted by atomic mass is 15.3. The minimum Gasteiger partial charge on any atom is -0.312 e. The molecule has 1 aromatic carbocycles. The van der Waals surface area contributed by atoms with Crippen molar-refractivity contribution in [3.8, 4) is 0 Å². The number of piperazine rings is 1. The highest BCUT2D eigenvalue weighted by molar-refractivity contribution is 5.20. The van der Waals surface area contributed by atoms with Gasteiger partial charge in [0.15, 0.2) is 0 Å². The first-order valence-electron chi connectivity index (χ1n) is 7.54. The van der Waals surface area contributed by atoms with Crippen LogP contribution >= 0.6 is 0 Å². The lowest BCUT2D eigenvalue weighted by Gasteiger charge is -2.38. The van der Waals surface area contributed by atoms with E-state index >= 15 is 0 Å². The average molecular weight is 259 g/mol. The van der Waals surface area contributed by atoms with Crippen molar-refractivity contribution in [1.29, 1.82) is 0 Å². The molecule has 1 saturated carbocycles. The minimum absolute atomic E-state index is 0.538. The van der Waals surface area contributed by atoms with Crippen LogP contribution < -0.4 is 5.32 Å². The summed E-state index contributed by atoms with van der Waals surface area (Å²) in [5.74, 6) is 0. The Morgan fingerprint density at radius 1 is 1.11 bits per heavy atom. The second-order valence-electron chi connectivity index (χ2n) is 5.95. The van der Waals surface area contributed by atoms with E-state index in [1.54, 1.807) is 0 Å². The van der Waals surface area contributed by atoms with Gasteiger partial charge in [0.05, 0.1) is 0 Å². The predicted octanol–water partition coefficient (Wildman–Crippen LogP) is 1.73. The minimum atomic E-state index is 0.538. The summed E-state index contributed by atoms with van der Waals surface area (Å²) in [6.45, 7) is 5.84. The molecule has 1 unspecified atom stereocenters. The van der Waals surface area contributed by atoms with E-state index in [1.807, 2.05) is 0 Å². The standard InChI is InChI=1S/C16H25N3/c1-18-9-11-19(12-10-18)16(13-17-15-7-8-15)14-5-3-2-4-6-14/h2-6,15-17H,7-13H2,1H3. The van der Waals surface area contributed by atoms with E-state index in [0.717, 1.165) is 12.6 Å². The molecule has 0 spiro atoms. The van der Waals surface area contributed by atoms with Gasteiger partial charge < -0.3 is 10.2 Å². The van der Waals surface area contributed by atoms with Gasteiger partial charge in [-0.3, -0.25) is 4.90 Å². The predicted molar refractivity (Wildman–Crippen MR) is 79.3 cm³/mol. The Kier molecular flexibility index (Phi) is 4.16. The van der Waals surface area contributed by atoms with Crippen molar-refractivity contribution < 1.29 is 0 Å². The van der Waals surface area contributed by atoms with Gasteiger partial charge in [0.2, 0.25) is 0 Å². The number of nitrogens with one attached hydrogen (secondary N) is 1. The van der Waals surface area contributed by atoms with Crippen LogP contribution in [0.1, 0.15) is 24.4 Å². The number of hydrogen-bond acceptors (Lipinski definition) is 3. The molecule has 1 atom stereocenters. The smallest absolute Gasteiger partial charge is 0.0473 e. The first-order chi connectivity index (χ1) is 9.33. The molecular formula is C16H25N3. The molecule has 3 heteroatoms. The van der Waals surface area contributed by atoms with E-state index in [-0.39, 0.29) is 0 Å². The summed E-state index contributed by atoms with van der Waals surface area (Å²) >= 11 is 0. The fourth-order valence-electron chi connectivity index (χ4n) is 2.83. The quantitative estimate of drug-likeness (QED) is 0.869. The van der Waals surface area contributed by atoms with Gasteiger partial charge in [0.25, 0.3) is 0 Å². The van der Waals surface area contributed by atoms with Crippen molar-refractivity contribution in [3.05, 3.63) is 35.9 Å². The molecule has 2 aliphatic rings. The van der Waals surface area contributed by atoms with Crippen molar-refractivity contribution in [2.45, 2.75) is 24.9 Å². The molecule has 2 fully saturated rings. The lowest BCUT2D eigenvalue weighted by Crippen LogP contribution is -2.48. The molecular weight excluding hydrogens is 234 g/mol. The van der Waals surface area contributed by atoms with Crippen LogP contribution in [0, 0.1) is 0 Å². The van der Waals surface area contributed by atoms with E-state index in [9.17, 15) is 0 Å². The maximum Gasteiger partial charge on any atom is 0.0473 e. The summed E-state index contributed by atoms with van der Waals surface area (Å²) in [6.07, 6.45) is 2.73. The van der Waals surface area contributed by atoms with Crippen LogP contribution in [-0.2, 0) is 0 Å². The molecule has 19 heavy (non-hydrogen) atoms. The zero-order chi connectivity index (χ0) is 13.1. The lowest BCUT2D eigenvalue weighted by molar-refractivity contribution is 0.110. The van der Waals surface area contributed by atoms with E-state index in [4.69, 9.17) is 0 Å². The Balaban J connectivity index is 1.67. The van der Waals surface area contributed by atoms with Crippen molar-refractivity contribution in [1.82, 2.24) is 15.1 Å². The number of nitrogens with zero attached hydrogens (tertiary/aromatic N) is 2. The first-order valence-corrected chi connectivity index (χ1v) is 7.54. The molecule has 1 N–H and O–H groups in total. The number of rotatable bonds is 5. The summed E-state index contributed by atoms with van der Waals surface area (Å²) in [5, 5.41) is 3.71. The molecule has 0 radical (unpaired) electrons. The molecule has 3 rings (SSSR count). The van der Waals surface area contributed by atoms with Gasteiger partial charge in [-0.15, -0.1) is 0 Å². The molecule has 1 saturated heterocycles. The van der Waals surface area contributed by atoms with Gasteiger partial charge in [0.1, 0.15) is 0 Å². The maximum atomic E-state index is 3.71. The van der Waals surface area contributed by atoms with E-state index in [0.29, 0.717) is 6.04 Å². The van der Waals surface area contributed by atoms with Crippen molar-refractivity contribution in [2.75, 3.05) is 39.8 Å². The molecule has 0 aromatic heterocycles. The summed E-state index contributed by atoms with van der Waals surface area (Å²) in [7, 11) is 2.22. The van der Waals surface area contributed by atoms with Gasteiger partial charge in [0, 0.05) is 44.8 Å². The second-order valence-corrected chi connectivity index (χ2v) is 5.95. The van der Waals surface area contributed by atoms with Crippen LogP contribution in [-0.4, -0.2) is 55.6 Å². The number of likely N-dealkylation sites (N-methyl/N-ethyl adjacent to an activating group) is 1. The third-order valence-electron chi connectivity index (χ3n) is 4.34. The topological polar surface area (TPSA) is 18.5 Å². The molecule has 0 amide bonds. The SMILES string of the molecule is CN1CCN(C(CNC2CC2)c2ccccc2)CC1. The van der Waals surface area contributed by atoms with Gasteiger partial charge in [-0.1, -0.05) is 30.3 Å². The van der Waals surface area contributed by atoms with Crippen LogP contribution in [0.3, 0.4) is 0 Å². The Morgan fingerprint density at radius 3 is 2.42 bits per heavy atom. The third kappa shape index (κ3) is 3.56. The second kappa shape index (κ2) is 6.04. The van der Waals surface area contributed by atoms with Crippen LogP contribution in [0.5, 0.6) is 0 Å². The molecule has 1 aliphatic carbocycles. The van der Waals surface area contributed by atoms with Gasteiger partial charge in [-0.25, -0.2) is 0 Å². The Bertz CT molecular complexity index is 380. The highest BCUT2D eigenvalue weighted by Crippen LogP contribution is 2.24. The number of benzene rings is 1. The zero-order valence-corrected chi connectivity index (χ0v) is 11.9. The summed E-state index contributed by atoms with van der Waals surface area (Å²) in [6, 6.07) is 12.3.